The molecule has 5 heteroatoms. The summed E-state index contributed by atoms with van der Waals surface area (Å²) in [6.07, 6.45) is 4.17. The van der Waals surface area contributed by atoms with Crippen molar-refractivity contribution in [3.63, 3.8) is 0 Å². The molecule has 0 atom stereocenters. The van der Waals surface area contributed by atoms with Crippen molar-refractivity contribution in [2.24, 2.45) is 7.05 Å². The van der Waals surface area contributed by atoms with Crippen LogP contribution in [0.3, 0.4) is 0 Å². The van der Waals surface area contributed by atoms with Gasteiger partial charge in [0.2, 0.25) is 5.91 Å². The molecule has 2 aromatic heterocycles. The molecule has 0 bridgehead atoms. The van der Waals surface area contributed by atoms with Gasteiger partial charge in [-0.3, -0.25) is 9.48 Å². The van der Waals surface area contributed by atoms with Gasteiger partial charge in [-0.1, -0.05) is 18.2 Å². The van der Waals surface area contributed by atoms with Gasteiger partial charge in [0.1, 0.15) is 5.82 Å². The second-order valence-corrected chi connectivity index (χ2v) is 6.08. The van der Waals surface area contributed by atoms with Gasteiger partial charge in [-0.05, 0) is 42.7 Å². The lowest BCUT2D eigenvalue weighted by atomic mass is 10.1. The van der Waals surface area contributed by atoms with E-state index in [1.54, 1.807) is 0 Å². The molecule has 0 aliphatic rings. The summed E-state index contributed by atoms with van der Waals surface area (Å²) in [4.78, 5) is 11.1. The molecule has 0 unspecified atom stereocenters. The van der Waals surface area contributed by atoms with Crippen molar-refractivity contribution in [1.29, 1.82) is 0 Å². The summed E-state index contributed by atoms with van der Waals surface area (Å²) >= 11 is 0. The fourth-order valence-electron chi connectivity index (χ4n) is 2.90. The minimum absolute atomic E-state index is 0.0198. The molecule has 1 N–H and O–H groups in total. The fraction of sp³-hybridized carbons (Fsp3) is 0.263. The van der Waals surface area contributed by atoms with Gasteiger partial charge in [-0.25, -0.2) is 0 Å². The monoisotopic (exact) mass is 322 g/mol. The Morgan fingerprint density at radius 3 is 2.67 bits per heavy atom. The fourth-order valence-corrected chi connectivity index (χ4v) is 2.90. The van der Waals surface area contributed by atoms with Crippen molar-refractivity contribution in [1.82, 2.24) is 19.7 Å². The van der Waals surface area contributed by atoms with Crippen LogP contribution in [-0.2, 0) is 18.4 Å². The molecule has 124 valence electrons. The predicted molar refractivity (Wildman–Crippen MR) is 95.0 cm³/mol. The topological polar surface area (TPSA) is 51.9 Å². The van der Waals surface area contributed by atoms with Crippen molar-refractivity contribution >= 4 is 5.91 Å². The number of carbonyl (C=O) groups excluding carboxylic acids is 1. The van der Waals surface area contributed by atoms with E-state index < -0.39 is 0 Å². The zero-order valence-electron chi connectivity index (χ0n) is 14.5. The number of amides is 1. The second-order valence-electron chi connectivity index (χ2n) is 6.08. The molecule has 1 amide bonds. The van der Waals surface area contributed by atoms with Crippen molar-refractivity contribution in [3.8, 4) is 16.9 Å². The van der Waals surface area contributed by atoms with Crippen LogP contribution < -0.4 is 5.32 Å². The predicted octanol–water partition coefficient (Wildman–Crippen LogP) is 3.13. The molecule has 3 aromatic rings. The molecule has 2 heterocycles. The molecular formula is C19H22N4O. The van der Waals surface area contributed by atoms with Crippen molar-refractivity contribution in [2.75, 3.05) is 0 Å². The highest BCUT2D eigenvalue weighted by Crippen LogP contribution is 2.24. The molecule has 0 fully saturated rings. The molecule has 0 saturated carbocycles. The number of aryl methyl sites for hydroxylation is 2. The van der Waals surface area contributed by atoms with Crippen LogP contribution in [0.2, 0.25) is 0 Å². The first-order valence-corrected chi connectivity index (χ1v) is 7.98. The highest BCUT2D eigenvalue weighted by atomic mass is 16.1. The summed E-state index contributed by atoms with van der Waals surface area (Å²) in [5.74, 6) is 1.06. The van der Waals surface area contributed by atoms with E-state index in [1.165, 1.54) is 12.5 Å². The summed E-state index contributed by atoms with van der Waals surface area (Å²) in [7, 11) is 1.96. The Morgan fingerprint density at radius 1 is 1.21 bits per heavy atom. The number of hydrogen-bond donors (Lipinski definition) is 1. The Bertz CT molecular complexity index is 889. The first-order valence-electron chi connectivity index (χ1n) is 7.98. The molecule has 0 saturated heterocycles. The number of aromatic nitrogens is 3. The van der Waals surface area contributed by atoms with Gasteiger partial charge in [0, 0.05) is 38.5 Å². The summed E-state index contributed by atoms with van der Waals surface area (Å²) in [6, 6.07) is 10.3. The number of rotatable bonds is 4. The van der Waals surface area contributed by atoms with Gasteiger partial charge in [0.05, 0.1) is 5.69 Å². The van der Waals surface area contributed by atoms with Crippen LogP contribution in [0.5, 0.6) is 0 Å². The minimum Gasteiger partial charge on any atom is -0.352 e. The quantitative estimate of drug-likeness (QED) is 0.802. The SMILES string of the molecule is CC(=O)NCc1cccc(-c2ccn(-c3c(C)c(C)nn3C)c2)c1. The third kappa shape index (κ3) is 3.11. The maximum Gasteiger partial charge on any atom is 0.217 e. The molecule has 1 aromatic carbocycles. The van der Waals surface area contributed by atoms with Gasteiger partial charge in [-0.15, -0.1) is 0 Å². The Balaban J connectivity index is 1.91. The van der Waals surface area contributed by atoms with Crippen LogP contribution in [0.25, 0.3) is 16.9 Å². The van der Waals surface area contributed by atoms with Crippen molar-refractivity contribution in [2.45, 2.75) is 27.3 Å². The van der Waals surface area contributed by atoms with Crippen molar-refractivity contribution < 1.29 is 4.79 Å². The standard InChI is InChI=1S/C19H22N4O/c1-13-14(2)21-22(4)19(13)23-9-8-18(12-23)17-7-5-6-16(10-17)11-20-15(3)24/h5-10,12H,11H2,1-4H3,(H,20,24). The van der Waals surface area contributed by atoms with E-state index in [2.05, 4.69) is 52.5 Å². The van der Waals surface area contributed by atoms with Crippen LogP contribution >= 0.6 is 0 Å². The van der Waals surface area contributed by atoms with Crippen LogP contribution in [0.1, 0.15) is 23.7 Å². The Morgan fingerprint density at radius 2 is 2.00 bits per heavy atom. The minimum atomic E-state index is -0.0198. The van der Waals surface area contributed by atoms with E-state index in [9.17, 15) is 4.79 Å². The second kappa shape index (κ2) is 6.35. The molecule has 24 heavy (non-hydrogen) atoms. The lowest BCUT2D eigenvalue weighted by Gasteiger charge is -2.06. The molecule has 0 spiro atoms. The maximum absolute atomic E-state index is 11.1. The largest absolute Gasteiger partial charge is 0.352 e. The van der Waals surface area contributed by atoms with Gasteiger partial charge in [-0.2, -0.15) is 5.10 Å². The summed E-state index contributed by atoms with van der Waals surface area (Å²) in [6.45, 7) is 6.19. The lowest BCUT2D eigenvalue weighted by molar-refractivity contribution is -0.119. The number of nitrogens with zero attached hydrogens (tertiary/aromatic N) is 3. The van der Waals surface area contributed by atoms with E-state index in [0.717, 1.165) is 28.2 Å². The first kappa shape index (κ1) is 16.1. The van der Waals surface area contributed by atoms with E-state index in [0.29, 0.717) is 6.54 Å². The highest BCUT2D eigenvalue weighted by molar-refractivity contribution is 5.73. The van der Waals surface area contributed by atoms with Gasteiger partial charge in [0.15, 0.2) is 0 Å². The summed E-state index contributed by atoms with van der Waals surface area (Å²) < 4.78 is 4.01. The number of hydrogen-bond acceptors (Lipinski definition) is 2. The zero-order valence-corrected chi connectivity index (χ0v) is 14.5. The van der Waals surface area contributed by atoms with Crippen LogP contribution in [0, 0.1) is 13.8 Å². The van der Waals surface area contributed by atoms with E-state index in [-0.39, 0.29) is 5.91 Å². The lowest BCUT2D eigenvalue weighted by Crippen LogP contribution is -2.18. The van der Waals surface area contributed by atoms with Crippen molar-refractivity contribution in [3.05, 3.63) is 59.5 Å². The van der Waals surface area contributed by atoms with Gasteiger partial charge < -0.3 is 9.88 Å². The Labute approximate surface area is 141 Å². The van der Waals surface area contributed by atoms with Crippen LogP contribution in [0.15, 0.2) is 42.7 Å². The number of nitrogens with one attached hydrogen (secondary N) is 1. The average Bonchev–Trinajstić information content (AvgIpc) is 3.11. The molecule has 5 nitrogen and oxygen atoms in total. The van der Waals surface area contributed by atoms with E-state index in [1.807, 2.05) is 30.8 Å². The van der Waals surface area contributed by atoms with Crippen LogP contribution in [0.4, 0.5) is 0 Å². The van der Waals surface area contributed by atoms with E-state index in [4.69, 9.17) is 0 Å². The zero-order chi connectivity index (χ0) is 17.3. The Hall–Kier alpha value is -2.82. The molecular weight excluding hydrogens is 300 g/mol. The number of carbonyl (C=O) groups is 1. The van der Waals surface area contributed by atoms with Gasteiger partial charge in [0.25, 0.3) is 0 Å². The Kier molecular flexibility index (Phi) is 4.25. The maximum atomic E-state index is 11.1. The normalized spacial score (nSPS) is 10.8. The smallest absolute Gasteiger partial charge is 0.217 e. The molecule has 0 radical (unpaired) electrons. The van der Waals surface area contributed by atoms with Gasteiger partial charge >= 0.3 is 0 Å². The summed E-state index contributed by atoms with van der Waals surface area (Å²) in [5.41, 5.74) is 5.58. The highest BCUT2D eigenvalue weighted by Gasteiger charge is 2.11. The third-order valence-corrected chi connectivity index (χ3v) is 4.22. The number of benzene rings is 1. The van der Waals surface area contributed by atoms with E-state index >= 15 is 0 Å². The average molecular weight is 322 g/mol. The summed E-state index contributed by atoms with van der Waals surface area (Å²) in [5, 5.41) is 7.31. The molecule has 0 aliphatic carbocycles. The molecule has 3 rings (SSSR count). The third-order valence-electron chi connectivity index (χ3n) is 4.22. The van der Waals surface area contributed by atoms with Crippen LogP contribution in [-0.4, -0.2) is 20.3 Å². The molecule has 0 aliphatic heterocycles. The first-order chi connectivity index (χ1) is 11.5.